The minimum absolute atomic E-state index is 0.111. The molecule has 23 heavy (non-hydrogen) atoms. The Hall–Kier alpha value is -1.97. The molecular weight excluding hydrogens is 343 g/mol. The van der Waals surface area contributed by atoms with Crippen molar-refractivity contribution in [3.63, 3.8) is 0 Å². The van der Waals surface area contributed by atoms with E-state index in [0.29, 0.717) is 12.0 Å². The minimum atomic E-state index is -4.12. The zero-order valence-electron chi connectivity index (χ0n) is 11.8. The molecule has 9 heteroatoms. The summed E-state index contributed by atoms with van der Waals surface area (Å²) in [4.78, 5) is -0.638. The van der Waals surface area contributed by atoms with Crippen LogP contribution < -0.4 is 9.44 Å². The molecule has 0 saturated heterocycles. The zero-order chi connectivity index (χ0) is 16.8. The number of halogens is 1. The van der Waals surface area contributed by atoms with Crippen LogP contribution >= 0.6 is 0 Å². The molecule has 6 nitrogen and oxygen atoms in total. The lowest BCUT2D eigenvalue weighted by molar-refractivity contribution is 0.564. The quantitative estimate of drug-likeness (QED) is 0.894. The number of fused-ring (bicyclic) bond motifs is 1. The fraction of sp³-hybridized carbons (Fsp3) is 0.143. The van der Waals surface area contributed by atoms with E-state index in [0.717, 1.165) is 10.4 Å². The highest BCUT2D eigenvalue weighted by Crippen LogP contribution is 2.35. The van der Waals surface area contributed by atoms with Crippen molar-refractivity contribution in [2.24, 2.45) is 5.14 Å². The van der Waals surface area contributed by atoms with Gasteiger partial charge in [0, 0.05) is 6.54 Å². The van der Waals surface area contributed by atoms with Gasteiger partial charge in [0.15, 0.2) is 0 Å². The first kappa shape index (κ1) is 15.9. The molecule has 0 bridgehead atoms. The van der Waals surface area contributed by atoms with Crippen molar-refractivity contribution in [1.29, 1.82) is 0 Å². The van der Waals surface area contributed by atoms with Crippen LogP contribution in [-0.2, 0) is 26.5 Å². The summed E-state index contributed by atoms with van der Waals surface area (Å²) >= 11 is 0. The molecule has 122 valence electrons. The molecule has 1 aliphatic rings. The Morgan fingerprint density at radius 2 is 1.74 bits per heavy atom. The molecule has 2 aromatic rings. The highest BCUT2D eigenvalue weighted by atomic mass is 32.2. The number of hydrogen-bond acceptors (Lipinski definition) is 4. The maximum Gasteiger partial charge on any atom is 0.267 e. The molecule has 2 aromatic carbocycles. The third kappa shape index (κ3) is 2.71. The van der Waals surface area contributed by atoms with Gasteiger partial charge in [-0.3, -0.25) is 4.31 Å². The maximum atomic E-state index is 13.9. The van der Waals surface area contributed by atoms with Gasteiger partial charge in [-0.05, 0) is 36.2 Å². The molecule has 0 aliphatic carbocycles. The molecule has 0 spiro atoms. The second kappa shape index (κ2) is 5.29. The van der Waals surface area contributed by atoms with E-state index in [1.54, 1.807) is 0 Å². The van der Waals surface area contributed by atoms with Crippen LogP contribution in [0.5, 0.6) is 0 Å². The first-order chi connectivity index (χ1) is 10.7. The number of sulfonamides is 2. The van der Waals surface area contributed by atoms with E-state index in [9.17, 15) is 21.2 Å². The van der Waals surface area contributed by atoms with Gasteiger partial charge >= 0.3 is 0 Å². The van der Waals surface area contributed by atoms with Gasteiger partial charge in [-0.1, -0.05) is 18.2 Å². The highest BCUT2D eigenvalue weighted by molar-refractivity contribution is 7.93. The molecule has 1 heterocycles. The highest BCUT2D eigenvalue weighted by Gasteiger charge is 2.33. The van der Waals surface area contributed by atoms with Crippen molar-refractivity contribution in [3.8, 4) is 0 Å². The van der Waals surface area contributed by atoms with Gasteiger partial charge in [0.25, 0.3) is 10.0 Å². The van der Waals surface area contributed by atoms with Gasteiger partial charge < -0.3 is 0 Å². The summed E-state index contributed by atoms with van der Waals surface area (Å²) in [5.74, 6) is -0.858. The van der Waals surface area contributed by atoms with Crippen molar-refractivity contribution < 1.29 is 21.2 Å². The Labute approximate surface area is 133 Å². The summed E-state index contributed by atoms with van der Waals surface area (Å²) < 4.78 is 63.2. The zero-order valence-corrected chi connectivity index (χ0v) is 13.4. The minimum Gasteiger partial charge on any atom is -0.266 e. The number of nitrogens with zero attached hydrogens (tertiary/aromatic N) is 1. The second-order valence-electron chi connectivity index (χ2n) is 5.09. The number of benzene rings is 2. The summed E-state index contributed by atoms with van der Waals surface area (Å²) in [6, 6.07) is 9.10. The van der Waals surface area contributed by atoms with Crippen LogP contribution in [0.15, 0.2) is 52.3 Å². The van der Waals surface area contributed by atoms with Crippen LogP contribution in [0, 0.1) is 5.82 Å². The summed E-state index contributed by atoms with van der Waals surface area (Å²) in [6.07, 6.45) is 0.411. The van der Waals surface area contributed by atoms with Gasteiger partial charge in [-0.15, -0.1) is 0 Å². The van der Waals surface area contributed by atoms with Crippen molar-refractivity contribution in [1.82, 2.24) is 0 Å². The lowest BCUT2D eigenvalue weighted by Gasteiger charge is -2.20. The van der Waals surface area contributed by atoms with E-state index < -0.39 is 30.8 Å². The second-order valence-corrected chi connectivity index (χ2v) is 8.49. The van der Waals surface area contributed by atoms with E-state index in [1.165, 1.54) is 36.4 Å². The van der Waals surface area contributed by atoms with E-state index in [1.807, 2.05) is 0 Å². The van der Waals surface area contributed by atoms with Gasteiger partial charge in [-0.25, -0.2) is 26.4 Å². The van der Waals surface area contributed by atoms with Crippen LogP contribution in [0.2, 0.25) is 0 Å². The van der Waals surface area contributed by atoms with Gasteiger partial charge in [0.05, 0.1) is 10.6 Å². The molecular formula is C14H13FN2O4S2. The van der Waals surface area contributed by atoms with Gasteiger partial charge in [-0.2, -0.15) is 0 Å². The van der Waals surface area contributed by atoms with E-state index in [-0.39, 0.29) is 17.1 Å². The molecule has 0 aromatic heterocycles. The van der Waals surface area contributed by atoms with Crippen LogP contribution in [0.4, 0.5) is 10.1 Å². The van der Waals surface area contributed by atoms with Crippen LogP contribution in [0.25, 0.3) is 0 Å². The summed E-state index contributed by atoms with van der Waals surface area (Å²) in [5.41, 5.74) is 0.872. The number of nitrogens with two attached hydrogens (primary N) is 1. The third-order valence-electron chi connectivity index (χ3n) is 3.64. The van der Waals surface area contributed by atoms with Crippen molar-refractivity contribution >= 4 is 25.7 Å². The molecule has 0 unspecified atom stereocenters. The summed E-state index contributed by atoms with van der Waals surface area (Å²) in [5, 5.41) is 5.08. The van der Waals surface area contributed by atoms with Crippen molar-refractivity contribution in [3.05, 3.63) is 53.8 Å². The van der Waals surface area contributed by atoms with Crippen molar-refractivity contribution in [2.45, 2.75) is 16.2 Å². The lowest BCUT2D eigenvalue weighted by Crippen LogP contribution is -2.30. The Bertz CT molecular complexity index is 988. The number of hydrogen-bond donors (Lipinski definition) is 1. The molecule has 0 saturated carbocycles. The maximum absolute atomic E-state index is 13.9. The first-order valence-electron chi connectivity index (χ1n) is 6.64. The molecule has 3 rings (SSSR count). The fourth-order valence-electron chi connectivity index (χ4n) is 2.53. The predicted molar refractivity (Wildman–Crippen MR) is 82.5 cm³/mol. The fourth-order valence-corrected chi connectivity index (χ4v) is 4.63. The van der Waals surface area contributed by atoms with Crippen molar-refractivity contribution in [2.75, 3.05) is 10.8 Å². The SMILES string of the molecule is NS(=O)(=O)c1ccc2c(c1)N(S(=O)(=O)c1ccccc1F)CC2. The molecule has 0 amide bonds. The summed E-state index contributed by atoms with van der Waals surface area (Å²) in [6.45, 7) is 0.111. The molecule has 0 atom stereocenters. The molecule has 1 aliphatic heterocycles. The Morgan fingerprint density at radius 1 is 1.04 bits per heavy atom. The summed E-state index contributed by atoms with van der Waals surface area (Å²) in [7, 11) is -8.08. The lowest BCUT2D eigenvalue weighted by atomic mass is 10.2. The number of primary sulfonamides is 1. The average Bonchev–Trinajstić information content (AvgIpc) is 2.90. The number of rotatable bonds is 3. The first-order valence-corrected chi connectivity index (χ1v) is 9.63. The average molecular weight is 356 g/mol. The van der Waals surface area contributed by atoms with Crippen LogP contribution in [0.1, 0.15) is 5.56 Å². The Morgan fingerprint density at radius 3 is 2.39 bits per heavy atom. The molecule has 0 radical (unpaired) electrons. The molecule has 2 N–H and O–H groups in total. The standard InChI is InChI=1S/C14H13FN2O4S2/c15-12-3-1-2-4-14(12)23(20,21)17-8-7-10-5-6-11(9-13(10)17)22(16,18)19/h1-6,9H,7-8H2,(H2,16,18,19). The topological polar surface area (TPSA) is 97.5 Å². The van der Waals surface area contributed by atoms with E-state index in [2.05, 4.69) is 0 Å². The number of anilines is 1. The van der Waals surface area contributed by atoms with Crippen LogP contribution in [0.3, 0.4) is 0 Å². The van der Waals surface area contributed by atoms with Crippen LogP contribution in [-0.4, -0.2) is 23.4 Å². The largest absolute Gasteiger partial charge is 0.267 e. The predicted octanol–water partition coefficient (Wildman–Crippen LogP) is 1.22. The third-order valence-corrected chi connectivity index (χ3v) is 6.40. The normalized spacial score (nSPS) is 14.8. The monoisotopic (exact) mass is 356 g/mol. The van der Waals surface area contributed by atoms with Gasteiger partial charge in [0.1, 0.15) is 10.7 Å². The van der Waals surface area contributed by atoms with E-state index >= 15 is 0 Å². The smallest absolute Gasteiger partial charge is 0.266 e. The van der Waals surface area contributed by atoms with Gasteiger partial charge in [0.2, 0.25) is 10.0 Å². The molecule has 0 fully saturated rings. The Balaban J connectivity index is 2.14. The Kier molecular flexibility index (Phi) is 3.66. The van der Waals surface area contributed by atoms with E-state index in [4.69, 9.17) is 5.14 Å².